The van der Waals surface area contributed by atoms with Crippen LogP contribution in [0.1, 0.15) is 15.9 Å². The number of allylic oxidation sites excluding steroid dienone is 1. The molecule has 3 aliphatic heterocycles. The minimum atomic E-state index is -0.911. The minimum Gasteiger partial charge on any atom is -0.493 e. The first-order chi connectivity index (χ1) is 16.0. The van der Waals surface area contributed by atoms with Crippen molar-refractivity contribution in [3.8, 4) is 11.5 Å². The van der Waals surface area contributed by atoms with Gasteiger partial charge in [-0.3, -0.25) is 19.4 Å². The molecule has 0 aromatic heterocycles. The van der Waals surface area contributed by atoms with Crippen LogP contribution in [-0.2, 0) is 9.59 Å². The van der Waals surface area contributed by atoms with Gasteiger partial charge in [0.1, 0.15) is 6.04 Å². The van der Waals surface area contributed by atoms with Crippen molar-refractivity contribution in [2.75, 3.05) is 19.1 Å². The van der Waals surface area contributed by atoms with E-state index in [4.69, 9.17) is 9.47 Å². The first-order valence-electron chi connectivity index (χ1n) is 10.7. The van der Waals surface area contributed by atoms with E-state index in [-0.39, 0.29) is 17.6 Å². The maximum atomic E-state index is 13.7. The number of carbonyl (C=O) groups is 3. The van der Waals surface area contributed by atoms with Crippen LogP contribution in [0.4, 0.5) is 5.69 Å². The molecule has 4 atom stereocenters. The summed E-state index contributed by atoms with van der Waals surface area (Å²) in [7, 11) is 3.01. The van der Waals surface area contributed by atoms with Crippen molar-refractivity contribution < 1.29 is 23.9 Å². The molecular formula is C25H23N3O5. The zero-order valence-corrected chi connectivity index (χ0v) is 18.5. The molecule has 2 aromatic carbocycles. The van der Waals surface area contributed by atoms with Crippen molar-refractivity contribution in [2.24, 2.45) is 16.9 Å². The van der Waals surface area contributed by atoms with E-state index < -0.39 is 23.9 Å². The molecule has 2 aromatic rings. The van der Waals surface area contributed by atoms with Crippen molar-refractivity contribution in [1.29, 1.82) is 0 Å². The largest absolute Gasteiger partial charge is 0.493 e. The smallest absolute Gasteiger partial charge is 0.240 e. The number of carbonyl (C=O) groups excluding carboxylic acids is 3. The molecule has 33 heavy (non-hydrogen) atoms. The average molecular weight is 445 g/mol. The lowest BCUT2D eigenvalue weighted by atomic mass is 9.86. The van der Waals surface area contributed by atoms with E-state index in [1.807, 2.05) is 25.1 Å². The number of Topliss-reactive ketones (excluding diaryl/α,β-unsaturated/α-hetero) is 1. The second kappa shape index (κ2) is 7.88. The molecule has 0 saturated carbocycles. The van der Waals surface area contributed by atoms with Crippen LogP contribution >= 0.6 is 0 Å². The van der Waals surface area contributed by atoms with Crippen LogP contribution in [0, 0.1) is 18.8 Å². The third kappa shape index (κ3) is 3.13. The molecule has 8 heteroatoms. The number of hydrogen-bond acceptors (Lipinski definition) is 7. The fourth-order valence-corrected chi connectivity index (χ4v) is 4.95. The molecule has 3 heterocycles. The SMILES string of the molecule is COc1ccc(C(=O)[C@H]2[C@H]3C(=O)N(c4ccc(C)cc4)C(=O)[C@H]3[C@@H]3C=CC=NN32)cc1OC. The number of aryl methyl sites for hydroxylation is 1. The topological polar surface area (TPSA) is 88.5 Å². The Bertz CT molecular complexity index is 1200. The monoisotopic (exact) mass is 445 g/mol. The fourth-order valence-electron chi connectivity index (χ4n) is 4.95. The van der Waals surface area contributed by atoms with Crippen LogP contribution in [0.2, 0.25) is 0 Å². The quantitative estimate of drug-likeness (QED) is 0.519. The maximum Gasteiger partial charge on any atom is 0.240 e. The van der Waals surface area contributed by atoms with Crippen LogP contribution in [0.3, 0.4) is 0 Å². The predicted octanol–water partition coefficient (Wildman–Crippen LogP) is 2.61. The number of benzene rings is 2. The molecule has 0 N–H and O–H groups in total. The summed E-state index contributed by atoms with van der Waals surface area (Å²) in [5.41, 5.74) is 1.89. The van der Waals surface area contributed by atoms with E-state index in [1.165, 1.54) is 19.1 Å². The number of nitrogens with zero attached hydrogens (tertiary/aromatic N) is 3. The van der Waals surface area contributed by atoms with Gasteiger partial charge in [-0.05, 0) is 43.3 Å². The number of hydrazone groups is 1. The molecule has 0 spiro atoms. The number of imide groups is 1. The summed E-state index contributed by atoms with van der Waals surface area (Å²) in [6.45, 7) is 1.94. The Morgan fingerprint density at radius 1 is 0.939 bits per heavy atom. The highest BCUT2D eigenvalue weighted by Crippen LogP contribution is 2.46. The molecule has 3 aliphatic rings. The number of ether oxygens (including phenoxy) is 2. The van der Waals surface area contributed by atoms with Crippen LogP contribution < -0.4 is 14.4 Å². The Kier molecular flexibility index (Phi) is 5.00. The van der Waals surface area contributed by atoms with E-state index >= 15 is 0 Å². The van der Waals surface area contributed by atoms with E-state index in [0.29, 0.717) is 22.7 Å². The van der Waals surface area contributed by atoms with Gasteiger partial charge in [-0.1, -0.05) is 23.8 Å². The Morgan fingerprint density at radius 3 is 2.33 bits per heavy atom. The van der Waals surface area contributed by atoms with Gasteiger partial charge in [0.25, 0.3) is 0 Å². The lowest BCUT2D eigenvalue weighted by molar-refractivity contribution is -0.123. The number of fused-ring (bicyclic) bond motifs is 3. The van der Waals surface area contributed by atoms with Crippen LogP contribution in [0.15, 0.2) is 59.7 Å². The van der Waals surface area contributed by atoms with E-state index in [2.05, 4.69) is 5.10 Å². The van der Waals surface area contributed by atoms with Gasteiger partial charge in [0.15, 0.2) is 17.3 Å². The van der Waals surface area contributed by atoms with Crippen molar-refractivity contribution in [3.63, 3.8) is 0 Å². The summed E-state index contributed by atoms with van der Waals surface area (Å²) in [6, 6.07) is 10.7. The molecule has 0 aliphatic carbocycles. The zero-order chi connectivity index (χ0) is 23.3. The van der Waals surface area contributed by atoms with Gasteiger partial charge in [0, 0.05) is 11.8 Å². The van der Waals surface area contributed by atoms with Crippen molar-refractivity contribution in [2.45, 2.75) is 19.0 Å². The number of anilines is 1. The summed E-state index contributed by atoms with van der Waals surface area (Å²) in [5, 5.41) is 5.97. The third-order valence-corrected chi connectivity index (χ3v) is 6.52. The van der Waals surface area contributed by atoms with Crippen molar-refractivity contribution in [3.05, 3.63) is 65.7 Å². The second-order valence-corrected chi connectivity index (χ2v) is 8.30. The van der Waals surface area contributed by atoms with Gasteiger partial charge in [0.2, 0.25) is 11.8 Å². The highest BCUT2D eigenvalue weighted by atomic mass is 16.5. The third-order valence-electron chi connectivity index (χ3n) is 6.52. The van der Waals surface area contributed by atoms with E-state index in [1.54, 1.807) is 47.6 Å². The summed E-state index contributed by atoms with van der Waals surface area (Å²) in [6.07, 6.45) is 5.14. The van der Waals surface area contributed by atoms with Crippen molar-refractivity contribution >= 4 is 29.5 Å². The first-order valence-corrected chi connectivity index (χ1v) is 10.7. The fraction of sp³-hybridized carbons (Fsp3) is 0.280. The second-order valence-electron chi connectivity index (χ2n) is 8.30. The van der Waals surface area contributed by atoms with E-state index in [0.717, 1.165) is 5.56 Å². The Morgan fingerprint density at radius 2 is 1.64 bits per heavy atom. The molecule has 2 saturated heterocycles. The molecule has 2 amide bonds. The molecular weight excluding hydrogens is 422 g/mol. The first kappa shape index (κ1) is 20.9. The van der Waals surface area contributed by atoms with Crippen LogP contribution in [0.25, 0.3) is 0 Å². The summed E-state index contributed by atoms with van der Waals surface area (Å²) >= 11 is 0. The van der Waals surface area contributed by atoms with Gasteiger partial charge < -0.3 is 9.47 Å². The molecule has 0 unspecified atom stereocenters. The summed E-state index contributed by atoms with van der Waals surface area (Å²) in [5.74, 6) is -1.63. The number of ketones is 1. The lowest BCUT2D eigenvalue weighted by Gasteiger charge is -2.30. The number of methoxy groups -OCH3 is 2. The summed E-state index contributed by atoms with van der Waals surface area (Å²) < 4.78 is 10.6. The zero-order valence-electron chi connectivity index (χ0n) is 18.5. The standard InChI is InChI=1S/C25H23N3O5/c1-14-6-9-16(10-7-14)27-24(30)20-17-5-4-12-26-28(17)22(21(20)25(27)31)23(29)15-8-11-18(32-2)19(13-15)33-3/h4-13,17,20-22H,1-3H3/t17-,20-,21-,22+/m0/s1. The highest BCUT2D eigenvalue weighted by molar-refractivity contribution is 6.24. The molecule has 168 valence electrons. The van der Waals surface area contributed by atoms with Gasteiger partial charge in [-0.25, -0.2) is 4.90 Å². The Hall–Kier alpha value is -3.94. The van der Waals surface area contributed by atoms with Gasteiger partial charge in [0.05, 0.1) is 37.8 Å². The summed E-state index contributed by atoms with van der Waals surface area (Å²) in [4.78, 5) is 42.0. The molecule has 0 radical (unpaired) electrons. The molecule has 2 fully saturated rings. The van der Waals surface area contributed by atoms with Crippen molar-refractivity contribution in [1.82, 2.24) is 5.01 Å². The number of amides is 2. The van der Waals surface area contributed by atoms with Crippen LogP contribution in [-0.4, -0.2) is 55.1 Å². The Balaban J connectivity index is 1.56. The molecule has 5 rings (SSSR count). The lowest BCUT2D eigenvalue weighted by Crippen LogP contribution is -2.46. The van der Waals surface area contributed by atoms with E-state index in [9.17, 15) is 14.4 Å². The predicted molar refractivity (Wildman–Crippen MR) is 122 cm³/mol. The van der Waals surface area contributed by atoms with Gasteiger partial charge >= 0.3 is 0 Å². The van der Waals surface area contributed by atoms with Gasteiger partial charge in [-0.15, -0.1) is 0 Å². The average Bonchev–Trinajstić information content (AvgIpc) is 3.31. The van der Waals surface area contributed by atoms with Crippen LogP contribution in [0.5, 0.6) is 11.5 Å². The van der Waals surface area contributed by atoms with Gasteiger partial charge in [-0.2, -0.15) is 5.10 Å². The maximum absolute atomic E-state index is 13.7. The number of hydrogen-bond donors (Lipinski definition) is 0. The number of rotatable bonds is 5. The molecule has 0 bridgehead atoms. The minimum absolute atomic E-state index is 0.298. The Labute approximate surface area is 191 Å². The molecule has 8 nitrogen and oxygen atoms in total. The highest BCUT2D eigenvalue weighted by Gasteiger charge is 2.64. The normalized spacial score (nSPS) is 25.3.